The van der Waals surface area contributed by atoms with Gasteiger partial charge in [-0.25, -0.2) is 9.59 Å². The minimum atomic E-state index is -1.04. The van der Waals surface area contributed by atoms with Gasteiger partial charge in [-0.3, -0.25) is 14.9 Å². The maximum absolute atomic E-state index is 13.1. The molecular weight excluding hydrogens is 835 g/mol. The highest BCUT2D eigenvalue weighted by molar-refractivity contribution is 5.87. The zero-order valence-corrected chi connectivity index (χ0v) is 39.0. The number of amides is 2. The van der Waals surface area contributed by atoms with Crippen LogP contribution in [0.25, 0.3) is 0 Å². The van der Waals surface area contributed by atoms with Gasteiger partial charge in [-0.1, -0.05) is 32.0 Å². The third kappa shape index (κ3) is 11.6. The van der Waals surface area contributed by atoms with Crippen molar-refractivity contribution in [2.24, 2.45) is 34.0 Å². The fourth-order valence-electron chi connectivity index (χ4n) is 11.5. The first-order chi connectivity index (χ1) is 30.9. The first-order valence-corrected chi connectivity index (χ1v) is 22.6. The van der Waals surface area contributed by atoms with Gasteiger partial charge in [0.25, 0.3) is 0 Å². The van der Waals surface area contributed by atoms with Crippen LogP contribution in [-0.4, -0.2) is 83.6 Å². The maximum atomic E-state index is 13.1. The first kappa shape index (κ1) is 47.3. The van der Waals surface area contributed by atoms with E-state index in [1.54, 1.807) is 77.5 Å². The Morgan fingerprint density at radius 2 is 1.46 bits per heavy atom. The molecule has 3 N–H and O–H groups in total. The van der Waals surface area contributed by atoms with E-state index in [1.807, 2.05) is 18.2 Å². The monoisotopic (exact) mass is 899 g/mol. The lowest BCUT2D eigenvalue weighted by atomic mass is 9.43. The van der Waals surface area contributed by atoms with Crippen molar-refractivity contribution in [3.05, 3.63) is 71.8 Å². The molecule has 4 saturated carbocycles. The van der Waals surface area contributed by atoms with Crippen molar-refractivity contribution in [3.8, 4) is 28.7 Å². The van der Waals surface area contributed by atoms with E-state index in [1.165, 1.54) is 26.4 Å². The van der Waals surface area contributed by atoms with Crippen LogP contribution in [-0.2, 0) is 36.6 Å². The molecule has 5 fully saturated rings. The summed E-state index contributed by atoms with van der Waals surface area (Å²) in [4.78, 5) is 52.0. The number of carbonyl (C=O) groups is 4. The van der Waals surface area contributed by atoms with Crippen molar-refractivity contribution < 1.29 is 57.1 Å². The number of carbonyl (C=O) groups excluding carboxylic acids is 4. The van der Waals surface area contributed by atoms with Gasteiger partial charge in [0.1, 0.15) is 12.4 Å². The largest absolute Gasteiger partial charge is 0.493 e. The summed E-state index contributed by atoms with van der Waals surface area (Å²) in [5, 5.41) is 9.16. The second-order valence-corrected chi connectivity index (χ2v) is 19.9. The van der Waals surface area contributed by atoms with Crippen LogP contribution in [0.3, 0.4) is 0 Å². The van der Waals surface area contributed by atoms with E-state index in [-0.39, 0.29) is 46.5 Å². The molecule has 15 nitrogen and oxygen atoms in total. The van der Waals surface area contributed by atoms with Crippen LogP contribution in [0, 0.1) is 34.0 Å². The lowest BCUT2D eigenvalue weighted by Crippen LogP contribution is -2.65. The Balaban J connectivity index is 0.822. The second-order valence-electron chi connectivity index (χ2n) is 19.9. The van der Waals surface area contributed by atoms with E-state index >= 15 is 0 Å². The quantitative estimate of drug-likeness (QED) is 0.0596. The van der Waals surface area contributed by atoms with Crippen LogP contribution in [0.15, 0.2) is 60.7 Å². The van der Waals surface area contributed by atoms with Crippen molar-refractivity contribution in [3.63, 3.8) is 0 Å². The summed E-state index contributed by atoms with van der Waals surface area (Å²) in [6.45, 7) is 11.1. The average Bonchev–Trinajstić information content (AvgIpc) is 3.56. The van der Waals surface area contributed by atoms with Crippen LogP contribution in [0.1, 0.15) is 84.3 Å². The Bertz CT molecular complexity index is 2210. The van der Waals surface area contributed by atoms with Gasteiger partial charge in [0.2, 0.25) is 6.29 Å². The fourth-order valence-corrected chi connectivity index (χ4v) is 11.5. The minimum absolute atomic E-state index is 0.0476. The number of nitrogens with one attached hydrogen (secondary N) is 3. The molecule has 0 aromatic heterocycles. The first-order valence-electron chi connectivity index (χ1n) is 22.6. The molecular formula is C50H65N3O12. The van der Waals surface area contributed by atoms with Gasteiger partial charge in [0, 0.05) is 43.2 Å². The van der Waals surface area contributed by atoms with Gasteiger partial charge in [-0.05, 0) is 129 Å². The molecule has 15 heteroatoms. The molecule has 1 heterocycles. The molecule has 3 unspecified atom stereocenters. The molecule has 4 aliphatic carbocycles. The molecule has 1 aliphatic heterocycles. The normalized spacial score (nSPS) is 25.8. The van der Waals surface area contributed by atoms with E-state index < -0.39 is 29.9 Å². The Kier molecular flexibility index (Phi) is 14.1. The van der Waals surface area contributed by atoms with E-state index in [2.05, 4.69) is 29.8 Å². The Hall–Kier alpha value is -5.70. The third-order valence-corrected chi connectivity index (χ3v) is 13.4. The Labute approximate surface area is 381 Å². The number of hydrogen-bond acceptors (Lipinski definition) is 13. The number of alkyl carbamates (subject to hydrolysis) is 1. The van der Waals surface area contributed by atoms with Gasteiger partial charge in [-0.15, -0.1) is 0 Å². The SMILES string of the molecule is COc1ccc(C[C@H]2COC(=O)[C@@H]2Cc2ccc(OC(=O)Nc3cccc(OCCNCC(C)(C)C(=O)OC(C)OC(=O)NC45CC6CC(C)(CC(C)(C6)C4)C5)c3)c(OC)c2)cc1OC. The lowest BCUT2D eigenvalue weighted by molar-refractivity contribution is -0.176. The minimum Gasteiger partial charge on any atom is -0.493 e. The molecule has 8 rings (SSSR count). The summed E-state index contributed by atoms with van der Waals surface area (Å²) >= 11 is 0. The highest BCUT2D eigenvalue weighted by Gasteiger charge is 2.60. The Morgan fingerprint density at radius 3 is 2.14 bits per heavy atom. The zero-order chi connectivity index (χ0) is 46.6. The summed E-state index contributed by atoms with van der Waals surface area (Å²) in [5.74, 6) is 1.77. The number of rotatable bonds is 19. The number of anilines is 1. The van der Waals surface area contributed by atoms with Crippen LogP contribution in [0.5, 0.6) is 28.7 Å². The second kappa shape index (κ2) is 19.4. The smallest absolute Gasteiger partial charge is 0.417 e. The topological polar surface area (TPSA) is 178 Å². The van der Waals surface area contributed by atoms with Crippen molar-refractivity contribution >= 4 is 29.8 Å². The van der Waals surface area contributed by atoms with Crippen molar-refractivity contribution in [1.29, 1.82) is 0 Å². The molecule has 3 aromatic rings. The summed E-state index contributed by atoms with van der Waals surface area (Å²) in [6.07, 6.45) is 5.25. The summed E-state index contributed by atoms with van der Waals surface area (Å²) in [7, 11) is 4.66. The van der Waals surface area contributed by atoms with E-state index in [0.717, 1.165) is 30.4 Å². The number of methoxy groups -OCH3 is 3. The van der Waals surface area contributed by atoms with Crippen molar-refractivity contribution in [2.45, 2.75) is 97.8 Å². The highest BCUT2D eigenvalue weighted by atomic mass is 16.7. The number of hydrogen-bond donors (Lipinski definition) is 3. The van der Waals surface area contributed by atoms with Crippen LogP contribution >= 0.6 is 0 Å². The molecule has 352 valence electrons. The summed E-state index contributed by atoms with van der Waals surface area (Å²) in [6, 6.07) is 17.8. The zero-order valence-electron chi connectivity index (χ0n) is 39.0. The molecule has 5 aliphatic rings. The van der Waals surface area contributed by atoms with Crippen molar-refractivity contribution in [1.82, 2.24) is 10.6 Å². The summed E-state index contributed by atoms with van der Waals surface area (Å²) in [5.41, 5.74) is 1.59. The molecule has 2 amide bonds. The Morgan fingerprint density at radius 1 is 0.800 bits per heavy atom. The van der Waals surface area contributed by atoms with Crippen LogP contribution in [0.2, 0.25) is 0 Å². The number of cyclic esters (lactones) is 1. The molecule has 0 radical (unpaired) electrons. The van der Waals surface area contributed by atoms with E-state index in [4.69, 9.17) is 37.9 Å². The maximum Gasteiger partial charge on any atom is 0.417 e. The van der Waals surface area contributed by atoms with Crippen LogP contribution in [0.4, 0.5) is 15.3 Å². The van der Waals surface area contributed by atoms with E-state index in [9.17, 15) is 19.2 Å². The van der Waals surface area contributed by atoms with Gasteiger partial charge in [-0.2, -0.15) is 0 Å². The average molecular weight is 900 g/mol. The van der Waals surface area contributed by atoms with Gasteiger partial charge in [0.05, 0.1) is 39.3 Å². The number of benzene rings is 3. The van der Waals surface area contributed by atoms with Gasteiger partial charge < -0.3 is 48.5 Å². The number of esters is 2. The standard InChI is InChI=1S/C50H65N3O12/c1-31(64-46(57)53-50-25-34-23-48(4,28-50)27-49(5,24-34)29-50)63-44(55)47(2,3)30-51-16-17-61-37-11-9-10-36(22-37)52-45(56)65-40-15-13-33(21-42(40)60-8)19-38-35(26-62-43(38)54)18-32-12-14-39(58-6)41(20-32)59-7/h9-15,20-22,31,34-35,38,51H,16-19,23-30H2,1-8H3,(H,52,56)(H,53,57)/t31?,34?,35-,38+,48?,49?,50?/m0/s1. The molecule has 5 atom stereocenters. The molecule has 0 spiro atoms. The van der Waals surface area contributed by atoms with Gasteiger partial charge in [0.15, 0.2) is 23.0 Å². The predicted octanol–water partition coefficient (Wildman–Crippen LogP) is 8.26. The predicted molar refractivity (Wildman–Crippen MR) is 241 cm³/mol. The fraction of sp³-hybridized carbons (Fsp3) is 0.560. The molecule has 65 heavy (non-hydrogen) atoms. The van der Waals surface area contributed by atoms with Crippen molar-refractivity contribution in [2.75, 3.05) is 52.9 Å². The molecule has 1 saturated heterocycles. The third-order valence-electron chi connectivity index (χ3n) is 13.4. The number of ether oxygens (including phenoxy) is 8. The highest BCUT2D eigenvalue weighted by Crippen LogP contribution is 2.66. The van der Waals surface area contributed by atoms with Gasteiger partial charge >= 0.3 is 24.1 Å². The van der Waals surface area contributed by atoms with E-state index in [0.29, 0.717) is 67.1 Å². The lowest BCUT2D eigenvalue weighted by Gasteiger charge is -2.65. The molecule has 3 aromatic carbocycles. The van der Waals surface area contributed by atoms with Crippen LogP contribution < -0.4 is 39.6 Å². The molecule has 4 bridgehead atoms. The summed E-state index contributed by atoms with van der Waals surface area (Å²) < 4.78 is 44.5.